The average molecular weight is 569 g/mol. The Bertz CT molecular complexity index is 1030. The number of carbonyl (C=O) groups is 1. The number of aliphatic hydroxyl groups excluding tert-OH is 5. The molecule has 7 N–H and O–H groups in total. The summed E-state index contributed by atoms with van der Waals surface area (Å²) >= 11 is 0. The molecule has 1 saturated heterocycles. The molecule has 4 aliphatic carbocycles. The smallest absolute Gasteiger partial charge is 0.331 e. The number of rotatable bonds is 5. The van der Waals surface area contributed by atoms with E-state index >= 15 is 0 Å². The highest BCUT2D eigenvalue weighted by Crippen LogP contribution is 2.70. The highest BCUT2D eigenvalue weighted by Gasteiger charge is 2.71. The molecule has 226 valence electrons. The molecule has 6 rings (SSSR count). The summed E-state index contributed by atoms with van der Waals surface area (Å²) in [6, 6.07) is 0. The fourth-order valence-electron chi connectivity index (χ4n) is 9.98. The van der Waals surface area contributed by atoms with E-state index in [2.05, 4.69) is 6.92 Å². The van der Waals surface area contributed by atoms with Gasteiger partial charge in [0, 0.05) is 23.3 Å². The van der Waals surface area contributed by atoms with E-state index in [0.29, 0.717) is 38.5 Å². The summed E-state index contributed by atoms with van der Waals surface area (Å²) in [6.45, 7) is 1.63. The zero-order valence-electron chi connectivity index (χ0n) is 23.0. The van der Waals surface area contributed by atoms with E-state index < -0.39 is 65.4 Å². The molecule has 13 atom stereocenters. The van der Waals surface area contributed by atoms with Gasteiger partial charge in [0.05, 0.1) is 30.5 Å². The van der Waals surface area contributed by atoms with Crippen LogP contribution in [-0.4, -0.2) is 110 Å². The summed E-state index contributed by atoms with van der Waals surface area (Å²) < 4.78 is 16.8. The van der Waals surface area contributed by atoms with Crippen LogP contribution in [-0.2, 0) is 19.0 Å². The Morgan fingerprint density at radius 3 is 2.38 bits per heavy atom. The van der Waals surface area contributed by atoms with Crippen LogP contribution in [0.25, 0.3) is 0 Å². The van der Waals surface area contributed by atoms with E-state index in [4.69, 9.17) is 14.2 Å². The van der Waals surface area contributed by atoms with Crippen LogP contribution in [0.15, 0.2) is 11.6 Å². The summed E-state index contributed by atoms with van der Waals surface area (Å²) in [6.07, 6.45) is -0.996. The quantitative estimate of drug-likeness (QED) is 0.168. The minimum Gasteiger partial charge on any atom is -0.458 e. The largest absolute Gasteiger partial charge is 0.458 e. The number of esters is 1. The molecular formula is C29H44O11. The topological polar surface area (TPSA) is 186 Å². The standard InChI is InChI=1S/C29H44O11/c1-26-6-3-18-19(29(26,37)9-5-17(26)15-10-21(32)38-13-15)4-8-28(36)11-16(2-7-27(18,28)14-31)39-25-24(35)23(34)22(33)20(12-30)40-25/h10,16-20,22-25,30-31,33-37H,2-9,11-14H2,1H3. The lowest BCUT2D eigenvalue weighted by Crippen LogP contribution is -2.69. The molecule has 5 fully saturated rings. The van der Waals surface area contributed by atoms with Gasteiger partial charge in [-0.3, -0.25) is 0 Å². The third kappa shape index (κ3) is 3.92. The van der Waals surface area contributed by atoms with Gasteiger partial charge in [-0.15, -0.1) is 0 Å². The van der Waals surface area contributed by atoms with Crippen LogP contribution >= 0.6 is 0 Å². The molecule has 0 spiro atoms. The second-order valence-electron chi connectivity index (χ2n) is 13.6. The van der Waals surface area contributed by atoms with Gasteiger partial charge in [-0.2, -0.15) is 0 Å². The molecule has 11 nitrogen and oxygen atoms in total. The molecule has 0 aromatic heterocycles. The van der Waals surface area contributed by atoms with Crippen molar-refractivity contribution in [1.82, 2.24) is 0 Å². The maximum Gasteiger partial charge on any atom is 0.331 e. The Hall–Kier alpha value is -1.15. The van der Waals surface area contributed by atoms with E-state index in [1.54, 1.807) is 6.08 Å². The van der Waals surface area contributed by atoms with Crippen LogP contribution in [0, 0.1) is 28.6 Å². The third-order valence-corrected chi connectivity index (χ3v) is 12.2. The Labute approximate surface area is 233 Å². The highest BCUT2D eigenvalue weighted by molar-refractivity contribution is 5.85. The second-order valence-corrected chi connectivity index (χ2v) is 13.6. The molecule has 11 heteroatoms. The molecule has 13 unspecified atom stereocenters. The highest BCUT2D eigenvalue weighted by atomic mass is 16.7. The van der Waals surface area contributed by atoms with E-state index in [-0.39, 0.29) is 43.4 Å². The van der Waals surface area contributed by atoms with Gasteiger partial charge in [0.2, 0.25) is 0 Å². The minimum absolute atomic E-state index is 0.0541. The normalized spacial score (nSPS) is 54.2. The van der Waals surface area contributed by atoms with E-state index in [0.717, 1.165) is 18.4 Å². The van der Waals surface area contributed by atoms with Crippen molar-refractivity contribution in [1.29, 1.82) is 0 Å². The van der Waals surface area contributed by atoms with Crippen LogP contribution in [0.1, 0.15) is 64.7 Å². The Morgan fingerprint density at radius 1 is 0.950 bits per heavy atom. The number of aliphatic hydroxyl groups is 7. The second kappa shape index (κ2) is 9.96. The summed E-state index contributed by atoms with van der Waals surface area (Å²) in [7, 11) is 0. The fraction of sp³-hybridized carbons (Fsp3) is 0.897. The molecule has 4 saturated carbocycles. The van der Waals surface area contributed by atoms with E-state index in [1.807, 2.05) is 0 Å². The van der Waals surface area contributed by atoms with Gasteiger partial charge in [0.1, 0.15) is 31.0 Å². The summed E-state index contributed by atoms with van der Waals surface area (Å²) in [5.41, 5.74) is -2.55. The first-order valence-corrected chi connectivity index (χ1v) is 14.8. The lowest BCUT2D eigenvalue weighted by molar-refractivity contribution is -0.327. The molecule has 0 bridgehead atoms. The number of fused-ring (bicyclic) bond motifs is 5. The zero-order chi connectivity index (χ0) is 28.7. The Balaban J connectivity index is 1.21. The van der Waals surface area contributed by atoms with Crippen LogP contribution in [0.4, 0.5) is 0 Å². The Morgan fingerprint density at radius 2 is 1.70 bits per heavy atom. The molecule has 40 heavy (non-hydrogen) atoms. The van der Waals surface area contributed by atoms with Crippen molar-refractivity contribution in [2.45, 2.75) is 113 Å². The maximum atomic E-state index is 12.4. The first kappa shape index (κ1) is 28.9. The SMILES string of the molecule is CC12CCC3C(CCC4(O)CC(OC5OC(CO)C(O)C(O)C5O)CCC34CO)C1(O)CCC2C1=CC(=O)OC1. The van der Waals surface area contributed by atoms with Crippen LogP contribution in [0.2, 0.25) is 0 Å². The summed E-state index contributed by atoms with van der Waals surface area (Å²) in [5.74, 6) is -0.479. The third-order valence-electron chi connectivity index (χ3n) is 12.2. The number of carbonyl (C=O) groups excluding carboxylic acids is 1. The molecule has 0 radical (unpaired) electrons. The van der Waals surface area contributed by atoms with Gasteiger partial charge in [-0.1, -0.05) is 6.92 Å². The first-order chi connectivity index (χ1) is 18.9. The molecule has 2 heterocycles. The maximum absolute atomic E-state index is 12.4. The van der Waals surface area contributed by atoms with Crippen molar-refractivity contribution >= 4 is 5.97 Å². The average Bonchev–Trinajstić information content (AvgIpc) is 3.48. The number of ether oxygens (including phenoxy) is 3. The van der Waals surface area contributed by atoms with Crippen molar-refractivity contribution in [3.8, 4) is 0 Å². The van der Waals surface area contributed by atoms with Gasteiger partial charge >= 0.3 is 5.97 Å². The minimum atomic E-state index is -1.55. The van der Waals surface area contributed by atoms with Crippen molar-refractivity contribution in [3.63, 3.8) is 0 Å². The van der Waals surface area contributed by atoms with E-state index in [1.165, 1.54) is 0 Å². The molecule has 0 aromatic rings. The van der Waals surface area contributed by atoms with Crippen molar-refractivity contribution < 1.29 is 54.8 Å². The molecule has 2 aliphatic heterocycles. The van der Waals surface area contributed by atoms with Gasteiger partial charge in [-0.05, 0) is 74.7 Å². The molecule has 0 aromatic carbocycles. The predicted octanol–water partition coefficient (Wildman–Crippen LogP) is -0.484. The fourth-order valence-corrected chi connectivity index (χ4v) is 9.98. The molecular weight excluding hydrogens is 524 g/mol. The first-order valence-electron chi connectivity index (χ1n) is 14.8. The van der Waals surface area contributed by atoms with Crippen molar-refractivity contribution in [2.75, 3.05) is 19.8 Å². The Kier molecular flexibility index (Phi) is 7.20. The number of hydrogen-bond acceptors (Lipinski definition) is 11. The predicted molar refractivity (Wildman–Crippen MR) is 137 cm³/mol. The number of cyclic esters (lactones) is 1. The lowest BCUT2D eigenvalue weighted by Gasteiger charge is -2.66. The summed E-state index contributed by atoms with van der Waals surface area (Å²) in [5, 5.41) is 75.7. The molecule has 6 aliphatic rings. The van der Waals surface area contributed by atoms with E-state index in [9.17, 15) is 40.5 Å². The lowest BCUT2D eigenvalue weighted by atomic mass is 9.41. The number of hydrogen-bond donors (Lipinski definition) is 7. The van der Waals surface area contributed by atoms with Gasteiger partial charge in [-0.25, -0.2) is 4.79 Å². The van der Waals surface area contributed by atoms with Gasteiger partial charge < -0.3 is 50.0 Å². The summed E-state index contributed by atoms with van der Waals surface area (Å²) in [4.78, 5) is 11.8. The van der Waals surface area contributed by atoms with Crippen LogP contribution < -0.4 is 0 Å². The molecule has 0 amide bonds. The van der Waals surface area contributed by atoms with Crippen LogP contribution in [0.3, 0.4) is 0 Å². The zero-order valence-corrected chi connectivity index (χ0v) is 23.0. The monoisotopic (exact) mass is 568 g/mol. The van der Waals surface area contributed by atoms with Gasteiger partial charge in [0.25, 0.3) is 0 Å². The van der Waals surface area contributed by atoms with Crippen molar-refractivity contribution in [3.05, 3.63) is 11.6 Å². The van der Waals surface area contributed by atoms with Crippen LogP contribution in [0.5, 0.6) is 0 Å². The van der Waals surface area contributed by atoms with Crippen molar-refractivity contribution in [2.24, 2.45) is 28.6 Å². The van der Waals surface area contributed by atoms with Gasteiger partial charge in [0.15, 0.2) is 6.29 Å².